The number of hydrogen-bond acceptors (Lipinski definition) is 6. The van der Waals surface area contributed by atoms with Gasteiger partial charge in [0.1, 0.15) is 0 Å². The van der Waals surface area contributed by atoms with Crippen LogP contribution in [0, 0.1) is 23.7 Å². The van der Waals surface area contributed by atoms with Crippen molar-refractivity contribution in [2.75, 3.05) is 11.9 Å². The molecule has 2 aliphatic rings. The lowest BCUT2D eigenvalue weighted by molar-refractivity contribution is -0.168. The summed E-state index contributed by atoms with van der Waals surface area (Å²) in [5, 5.41) is 3.09. The van der Waals surface area contributed by atoms with E-state index in [9.17, 15) is 19.2 Å². The molecule has 1 aromatic heterocycles. The highest BCUT2D eigenvalue weighted by molar-refractivity contribution is 7.17. The van der Waals surface area contributed by atoms with Crippen molar-refractivity contribution in [3.63, 3.8) is 0 Å². The van der Waals surface area contributed by atoms with Gasteiger partial charge in [0.2, 0.25) is 17.7 Å². The highest BCUT2D eigenvalue weighted by Gasteiger charge is 2.64. The molecule has 0 spiro atoms. The molecular formula is C20H27N3O4S. The number of carbonyl (C=O) groups is 4. The topological polar surface area (TPSA) is 96.4 Å². The van der Waals surface area contributed by atoms with Crippen LogP contribution in [0.3, 0.4) is 0 Å². The number of anilines is 1. The molecule has 2 unspecified atom stereocenters. The van der Waals surface area contributed by atoms with Crippen LogP contribution in [0.15, 0.2) is 0 Å². The van der Waals surface area contributed by atoms with Crippen molar-refractivity contribution in [3.8, 4) is 0 Å². The van der Waals surface area contributed by atoms with Gasteiger partial charge >= 0.3 is 0 Å². The Morgan fingerprint density at radius 2 is 1.96 bits per heavy atom. The molecule has 1 aromatic rings. The Morgan fingerprint density at radius 1 is 1.29 bits per heavy atom. The minimum Gasteiger partial charge on any atom is -0.302 e. The molecule has 7 nitrogen and oxygen atoms in total. The first-order valence-corrected chi connectivity index (χ1v) is 10.4. The fourth-order valence-corrected chi connectivity index (χ4v) is 5.35. The van der Waals surface area contributed by atoms with Crippen molar-refractivity contribution in [3.05, 3.63) is 10.6 Å². The maximum absolute atomic E-state index is 13.0. The summed E-state index contributed by atoms with van der Waals surface area (Å²) in [6, 6.07) is 0. The van der Waals surface area contributed by atoms with E-state index in [0.29, 0.717) is 22.1 Å². The van der Waals surface area contributed by atoms with Crippen LogP contribution < -0.4 is 5.32 Å². The quantitative estimate of drug-likeness (QED) is 0.579. The molecule has 2 atom stereocenters. The van der Waals surface area contributed by atoms with Crippen LogP contribution in [0.1, 0.15) is 68.7 Å². The van der Waals surface area contributed by atoms with Gasteiger partial charge < -0.3 is 5.32 Å². The van der Waals surface area contributed by atoms with E-state index < -0.39 is 5.41 Å². The fourth-order valence-electron chi connectivity index (χ4n) is 4.47. The van der Waals surface area contributed by atoms with Gasteiger partial charge in [-0.3, -0.25) is 24.1 Å². The van der Waals surface area contributed by atoms with Crippen LogP contribution in [0.4, 0.5) is 5.13 Å². The second-order valence-corrected chi connectivity index (χ2v) is 9.58. The van der Waals surface area contributed by atoms with Crippen LogP contribution in [0.2, 0.25) is 0 Å². The SMILES string of the molecule is CC(=O)c1sc(NC(=O)CCCN2C(=O)C3CCC(C)(C2=O)C3(C)C)nc1C. The van der Waals surface area contributed by atoms with Crippen LogP contribution in [0.25, 0.3) is 0 Å². The third kappa shape index (κ3) is 3.17. The normalized spacial score (nSPS) is 25.9. The molecule has 8 heteroatoms. The van der Waals surface area contributed by atoms with Gasteiger partial charge in [-0.25, -0.2) is 4.98 Å². The summed E-state index contributed by atoms with van der Waals surface area (Å²) in [7, 11) is 0. The standard InChI is InChI=1S/C20H27N3O4S/c1-11-15(12(2)24)28-18(21-11)22-14(25)7-6-10-23-16(26)13-8-9-20(5,17(23)27)19(13,3)4/h13H,6-10H2,1-5H3,(H,21,22,25). The van der Waals surface area contributed by atoms with Crippen molar-refractivity contribution in [2.24, 2.45) is 16.7 Å². The average Bonchev–Trinajstić information content (AvgIpc) is 3.04. The van der Waals surface area contributed by atoms with Crippen molar-refractivity contribution >= 4 is 40.0 Å². The number of hydrogen-bond donors (Lipinski definition) is 1. The number of carbonyl (C=O) groups excluding carboxylic acids is 4. The molecular weight excluding hydrogens is 378 g/mol. The Kier molecular flexibility index (Phi) is 5.20. The number of rotatable bonds is 6. The van der Waals surface area contributed by atoms with E-state index in [1.165, 1.54) is 11.8 Å². The zero-order valence-corrected chi connectivity index (χ0v) is 17.9. The minimum absolute atomic E-state index is 0.0799. The van der Waals surface area contributed by atoms with E-state index in [1.807, 2.05) is 20.8 Å². The minimum atomic E-state index is -0.519. The van der Waals surface area contributed by atoms with Crippen molar-refractivity contribution < 1.29 is 19.2 Å². The number of Topliss-reactive ketones (excluding diaryl/α,β-unsaturated/α-hetero) is 1. The molecule has 2 fully saturated rings. The third-order valence-electron chi connectivity index (χ3n) is 6.66. The smallest absolute Gasteiger partial charge is 0.235 e. The second-order valence-electron chi connectivity index (χ2n) is 8.58. The summed E-state index contributed by atoms with van der Waals surface area (Å²) in [5.74, 6) is -0.670. The van der Waals surface area contributed by atoms with Gasteiger partial charge in [0.15, 0.2) is 10.9 Å². The molecule has 1 N–H and O–H groups in total. The Morgan fingerprint density at radius 3 is 2.57 bits per heavy atom. The van der Waals surface area contributed by atoms with Crippen LogP contribution in [-0.2, 0) is 14.4 Å². The van der Waals surface area contributed by atoms with Crippen LogP contribution >= 0.6 is 11.3 Å². The maximum atomic E-state index is 13.0. The molecule has 1 saturated carbocycles. The number of thiazole rings is 1. The number of ketones is 1. The van der Waals surface area contributed by atoms with E-state index in [1.54, 1.807) is 6.92 Å². The number of amides is 3. The lowest BCUT2D eigenvalue weighted by atomic mass is 9.62. The molecule has 1 aliphatic heterocycles. The highest BCUT2D eigenvalue weighted by atomic mass is 32.1. The number of imide groups is 1. The number of likely N-dealkylation sites (tertiary alicyclic amines) is 1. The molecule has 3 amide bonds. The van der Waals surface area contributed by atoms with Gasteiger partial charge in [-0.05, 0) is 31.6 Å². The number of nitrogens with one attached hydrogen (secondary N) is 1. The number of fused-ring (bicyclic) bond motifs is 2. The molecule has 0 radical (unpaired) electrons. The predicted molar refractivity (Wildman–Crippen MR) is 106 cm³/mol. The summed E-state index contributed by atoms with van der Waals surface area (Å²) in [5.41, 5.74) is -0.245. The molecule has 1 saturated heterocycles. The van der Waals surface area contributed by atoms with Crippen molar-refractivity contribution in [1.29, 1.82) is 0 Å². The number of piperidine rings is 1. The van der Waals surface area contributed by atoms with E-state index in [2.05, 4.69) is 10.3 Å². The van der Waals surface area contributed by atoms with E-state index >= 15 is 0 Å². The van der Waals surface area contributed by atoms with Crippen molar-refractivity contribution in [2.45, 2.75) is 60.3 Å². The first-order chi connectivity index (χ1) is 13.0. The fraction of sp³-hybridized carbons (Fsp3) is 0.650. The Labute approximate surface area is 168 Å². The number of aromatic nitrogens is 1. The molecule has 1 aliphatic carbocycles. The number of nitrogens with zero attached hydrogens (tertiary/aromatic N) is 2. The van der Waals surface area contributed by atoms with Gasteiger partial charge in [0.25, 0.3) is 0 Å². The van der Waals surface area contributed by atoms with E-state index in [0.717, 1.165) is 24.2 Å². The molecule has 0 aromatic carbocycles. The predicted octanol–water partition coefficient (Wildman–Crippen LogP) is 3.18. The van der Waals surface area contributed by atoms with E-state index in [-0.39, 0.29) is 47.8 Å². The summed E-state index contributed by atoms with van der Waals surface area (Å²) in [6.07, 6.45) is 2.05. The highest BCUT2D eigenvalue weighted by Crippen LogP contribution is 2.60. The molecule has 152 valence electrons. The number of aryl methyl sites for hydroxylation is 1. The van der Waals surface area contributed by atoms with Gasteiger partial charge in [0.05, 0.1) is 16.0 Å². The largest absolute Gasteiger partial charge is 0.302 e. The summed E-state index contributed by atoms with van der Waals surface area (Å²) in [6.45, 7) is 9.43. The lowest BCUT2D eigenvalue weighted by Crippen LogP contribution is -2.59. The molecule has 2 bridgehead atoms. The first kappa shape index (κ1) is 20.6. The second kappa shape index (κ2) is 7.06. The third-order valence-corrected chi connectivity index (χ3v) is 7.83. The Bertz CT molecular complexity index is 860. The summed E-state index contributed by atoms with van der Waals surface area (Å²) >= 11 is 1.16. The van der Waals surface area contributed by atoms with Gasteiger partial charge in [-0.2, -0.15) is 0 Å². The van der Waals surface area contributed by atoms with Gasteiger partial charge in [-0.1, -0.05) is 32.1 Å². The van der Waals surface area contributed by atoms with Crippen molar-refractivity contribution in [1.82, 2.24) is 9.88 Å². The first-order valence-electron chi connectivity index (χ1n) is 9.63. The zero-order chi connectivity index (χ0) is 20.9. The van der Waals surface area contributed by atoms with Gasteiger partial charge in [-0.15, -0.1) is 0 Å². The average molecular weight is 406 g/mol. The zero-order valence-electron chi connectivity index (χ0n) is 17.0. The summed E-state index contributed by atoms with van der Waals surface area (Å²) < 4.78 is 0. The van der Waals surface area contributed by atoms with E-state index in [4.69, 9.17) is 0 Å². The summed E-state index contributed by atoms with van der Waals surface area (Å²) in [4.78, 5) is 55.5. The molecule has 2 heterocycles. The molecule has 28 heavy (non-hydrogen) atoms. The monoisotopic (exact) mass is 405 g/mol. The van der Waals surface area contributed by atoms with Crippen LogP contribution in [0.5, 0.6) is 0 Å². The van der Waals surface area contributed by atoms with Gasteiger partial charge in [0, 0.05) is 25.8 Å². The molecule has 3 rings (SSSR count). The Hall–Kier alpha value is -2.09. The van der Waals surface area contributed by atoms with Crippen LogP contribution in [-0.4, -0.2) is 39.9 Å². The lowest BCUT2D eigenvalue weighted by Gasteiger charge is -2.47. The maximum Gasteiger partial charge on any atom is 0.235 e. The Balaban J connectivity index is 1.57.